The van der Waals surface area contributed by atoms with Crippen LogP contribution in [0.25, 0.3) is 5.69 Å². The Hall–Kier alpha value is -3.83. The molecule has 3 rings (SSSR count). The van der Waals surface area contributed by atoms with Gasteiger partial charge in [-0.1, -0.05) is 0 Å². The molecular weight excluding hydrogens is 429 g/mol. The molecule has 32 heavy (non-hydrogen) atoms. The Morgan fingerprint density at radius 2 is 1.78 bits per heavy atom. The predicted molar refractivity (Wildman–Crippen MR) is 109 cm³/mol. The number of halogens is 3. The number of carbonyl (C=O) groups excluding carboxylic acids is 1. The van der Waals surface area contributed by atoms with E-state index in [1.807, 2.05) is 0 Å². The van der Waals surface area contributed by atoms with Crippen LogP contribution in [-0.4, -0.2) is 37.8 Å². The third kappa shape index (κ3) is 7.15. The molecule has 2 heterocycles. The van der Waals surface area contributed by atoms with E-state index < -0.39 is 18.1 Å². The number of ether oxygens (including phenoxy) is 2. The van der Waals surface area contributed by atoms with E-state index in [2.05, 4.69) is 30.4 Å². The van der Waals surface area contributed by atoms with E-state index in [1.54, 1.807) is 32.9 Å². The number of nitrogens with zero attached hydrogens (tertiary/aromatic N) is 4. The van der Waals surface area contributed by atoms with Crippen LogP contribution in [0.5, 0.6) is 5.75 Å². The van der Waals surface area contributed by atoms with Gasteiger partial charge in [0.2, 0.25) is 0 Å². The average molecular weight is 450 g/mol. The monoisotopic (exact) mass is 450 g/mol. The van der Waals surface area contributed by atoms with E-state index >= 15 is 0 Å². The lowest BCUT2D eigenvalue weighted by Crippen LogP contribution is -2.27. The lowest BCUT2D eigenvalue weighted by molar-refractivity contribution is -0.274. The molecular formula is C20H21F3N6O3. The van der Waals surface area contributed by atoms with Crippen molar-refractivity contribution >= 4 is 17.6 Å². The minimum absolute atomic E-state index is 0.281. The van der Waals surface area contributed by atoms with Gasteiger partial charge < -0.3 is 14.8 Å². The summed E-state index contributed by atoms with van der Waals surface area (Å²) >= 11 is 0. The van der Waals surface area contributed by atoms with Crippen LogP contribution in [0.1, 0.15) is 26.6 Å². The van der Waals surface area contributed by atoms with Crippen LogP contribution in [0, 0.1) is 0 Å². The number of alkyl halides is 3. The van der Waals surface area contributed by atoms with Crippen LogP contribution in [0.4, 0.5) is 29.5 Å². The summed E-state index contributed by atoms with van der Waals surface area (Å²) < 4.78 is 47.2. The number of aromatic nitrogens is 4. The number of hydrogen-bond acceptors (Lipinski definition) is 7. The van der Waals surface area contributed by atoms with Crippen LogP contribution in [0.3, 0.4) is 0 Å². The molecule has 1 aromatic carbocycles. The first-order chi connectivity index (χ1) is 15.0. The molecule has 2 aromatic heterocycles. The third-order valence-corrected chi connectivity index (χ3v) is 3.72. The molecule has 0 spiro atoms. The molecule has 0 aliphatic carbocycles. The van der Waals surface area contributed by atoms with Gasteiger partial charge >= 0.3 is 12.5 Å². The smallest absolute Gasteiger partial charge is 0.444 e. The van der Waals surface area contributed by atoms with Crippen molar-refractivity contribution in [2.45, 2.75) is 39.3 Å². The Kier molecular flexibility index (Phi) is 6.51. The topological polar surface area (TPSA) is 103 Å². The lowest BCUT2D eigenvalue weighted by atomic mass is 10.2. The van der Waals surface area contributed by atoms with Gasteiger partial charge in [-0.05, 0) is 57.2 Å². The van der Waals surface area contributed by atoms with Gasteiger partial charge in [0.15, 0.2) is 5.82 Å². The van der Waals surface area contributed by atoms with Gasteiger partial charge in [0, 0.05) is 0 Å². The maximum atomic E-state index is 12.2. The van der Waals surface area contributed by atoms with Crippen molar-refractivity contribution in [3.8, 4) is 11.4 Å². The molecule has 0 aliphatic rings. The molecule has 0 fully saturated rings. The van der Waals surface area contributed by atoms with E-state index in [0.717, 1.165) is 0 Å². The molecule has 0 saturated heterocycles. The SMILES string of the molecule is CC(C)(C)OC(=O)Nc1ccc(NCc2ncn(-c3ccc(OC(F)(F)F)cc3)n2)cn1. The number of hydrogen-bond donors (Lipinski definition) is 2. The van der Waals surface area contributed by atoms with E-state index in [0.29, 0.717) is 23.0 Å². The summed E-state index contributed by atoms with van der Waals surface area (Å²) in [5.74, 6) is 0.474. The van der Waals surface area contributed by atoms with Crippen LogP contribution in [-0.2, 0) is 11.3 Å². The molecule has 0 unspecified atom stereocenters. The highest BCUT2D eigenvalue weighted by Crippen LogP contribution is 2.23. The summed E-state index contributed by atoms with van der Waals surface area (Å²) in [5, 5.41) is 9.90. The molecule has 0 saturated carbocycles. The van der Waals surface area contributed by atoms with Crippen LogP contribution >= 0.6 is 0 Å². The number of carbonyl (C=O) groups is 1. The number of pyridine rings is 1. The maximum Gasteiger partial charge on any atom is 0.573 e. The highest BCUT2D eigenvalue weighted by Gasteiger charge is 2.31. The highest BCUT2D eigenvalue weighted by molar-refractivity contribution is 5.83. The zero-order valence-electron chi connectivity index (χ0n) is 17.5. The number of rotatable bonds is 6. The van der Waals surface area contributed by atoms with Gasteiger partial charge in [0.25, 0.3) is 0 Å². The van der Waals surface area contributed by atoms with Crippen molar-refractivity contribution in [3.63, 3.8) is 0 Å². The largest absolute Gasteiger partial charge is 0.573 e. The quantitative estimate of drug-likeness (QED) is 0.569. The van der Waals surface area contributed by atoms with Gasteiger partial charge in [-0.25, -0.2) is 19.4 Å². The normalized spacial score (nSPS) is 11.7. The first kappa shape index (κ1) is 22.8. The van der Waals surface area contributed by atoms with Crippen molar-refractivity contribution in [3.05, 3.63) is 54.7 Å². The number of nitrogens with one attached hydrogen (secondary N) is 2. The molecule has 3 aromatic rings. The molecule has 12 heteroatoms. The Labute approximate surface area is 181 Å². The minimum atomic E-state index is -4.74. The number of amides is 1. The van der Waals surface area contributed by atoms with Gasteiger partial charge in [-0.15, -0.1) is 18.3 Å². The zero-order chi connectivity index (χ0) is 23.4. The Balaban J connectivity index is 1.53. The van der Waals surface area contributed by atoms with Crippen molar-refractivity contribution in [2.24, 2.45) is 0 Å². The van der Waals surface area contributed by atoms with Gasteiger partial charge in [0.05, 0.1) is 24.1 Å². The van der Waals surface area contributed by atoms with E-state index in [1.165, 1.54) is 41.5 Å². The average Bonchev–Trinajstić information content (AvgIpc) is 3.14. The van der Waals surface area contributed by atoms with E-state index in [9.17, 15) is 18.0 Å². The molecule has 1 amide bonds. The summed E-state index contributed by atoms with van der Waals surface area (Å²) in [4.78, 5) is 20.1. The lowest BCUT2D eigenvalue weighted by Gasteiger charge is -2.19. The first-order valence-corrected chi connectivity index (χ1v) is 9.43. The van der Waals surface area contributed by atoms with Crippen LogP contribution in [0.2, 0.25) is 0 Å². The van der Waals surface area contributed by atoms with Gasteiger partial charge in [0.1, 0.15) is 23.5 Å². The Morgan fingerprint density at radius 3 is 2.38 bits per heavy atom. The summed E-state index contributed by atoms with van der Waals surface area (Å²) in [6.45, 7) is 5.57. The minimum Gasteiger partial charge on any atom is -0.444 e. The standard InChI is InChI=1S/C20H21F3N6O3/c1-19(2,3)32-18(30)27-16-9-4-13(10-25-16)24-11-17-26-12-29(28-17)14-5-7-15(8-6-14)31-20(21,22)23/h4-10,12,24H,11H2,1-3H3,(H,25,27,30). The highest BCUT2D eigenvalue weighted by atomic mass is 19.4. The number of benzene rings is 1. The van der Waals surface area contributed by atoms with Crippen molar-refractivity contribution in [2.75, 3.05) is 10.6 Å². The third-order valence-electron chi connectivity index (χ3n) is 3.72. The maximum absolute atomic E-state index is 12.2. The van der Waals surface area contributed by atoms with Crippen molar-refractivity contribution < 1.29 is 27.4 Å². The van der Waals surface area contributed by atoms with Gasteiger partial charge in [-0.2, -0.15) is 0 Å². The fourth-order valence-corrected chi connectivity index (χ4v) is 2.46. The Bertz CT molecular complexity index is 1040. The fraction of sp³-hybridized carbons (Fsp3) is 0.300. The fourth-order valence-electron chi connectivity index (χ4n) is 2.46. The Morgan fingerprint density at radius 1 is 1.06 bits per heavy atom. The summed E-state index contributed by atoms with van der Waals surface area (Å²) in [5.41, 5.74) is 0.586. The molecule has 0 atom stereocenters. The van der Waals surface area contributed by atoms with E-state index in [4.69, 9.17) is 4.74 Å². The van der Waals surface area contributed by atoms with Crippen LogP contribution < -0.4 is 15.4 Å². The van der Waals surface area contributed by atoms with Crippen LogP contribution in [0.15, 0.2) is 48.9 Å². The van der Waals surface area contributed by atoms with Gasteiger partial charge in [-0.3, -0.25) is 5.32 Å². The second-order valence-corrected chi connectivity index (χ2v) is 7.56. The van der Waals surface area contributed by atoms with Crippen molar-refractivity contribution in [1.82, 2.24) is 19.7 Å². The zero-order valence-corrected chi connectivity index (χ0v) is 17.5. The predicted octanol–water partition coefficient (Wildman–Crippen LogP) is 4.52. The summed E-state index contributed by atoms with van der Waals surface area (Å²) in [7, 11) is 0. The second kappa shape index (κ2) is 9.12. The molecule has 0 radical (unpaired) electrons. The molecule has 170 valence electrons. The first-order valence-electron chi connectivity index (χ1n) is 9.43. The molecule has 0 aliphatic heterocycles. The molecule has 2 N–H and O–H groups in total. The van der Waals surface area contributed by atoms with E-state index in [-0.39, 0.29) is 12.3 Å². The van der Waals surface area contributed by atoms with Crippen molar-refractivity contribution in [1.29, 1.82) is 0 Å². The second-order valence-electron chi connectivity index (χ2n) is 7.56. The summed E-state index contributed by atoms with van der Waals surface area (Å²) in [6.07, 6.45) is -2.36. The number of anilines is 2. The summed E-state index contributed by atoms with van der Waals surface area (Å²) in [6, 6.07) is 8.60. The molecule has 9 nitrogen and oxygen atoms in total. The molecule has 0 bridgehead atoms.